The van der Waals surface area contributed by atoms with Crippen LogP contribution < -0.4 is 0 Å². The molecule has 10 nitrogen and oxygen atoms in total. The van der Waals surface area contributed by atoms with Crippen molar-refractivity contribution in [2.45, 2.75) is 128 Å². The van der Waals surface area contributed by atoms with Gasteiger partial charge >= 0.3 is 0 Å². The molecule has 16 unspecified atom stereocenters. The molecular formula is C45H58F2O10. The smallest absolute Gasteiger partial charge is 0.190 e. The van der Waals surface area contributed by atoms with Crippen LogP contribution in [0.15, 0.2) is 47.6 Å². The first-order chi connectivity index (χ1) is 26.5. The maximum absolute atomic E-state index is 17.5. The second kappa shape index (κ2) is 12.9. The number of alkyl halides is 2. The molecule has 6 fully saturated rings. The largest absolute Gasteiger partial charge is 0.390 e. The van der Waals surface area contributed by atoms with Crippen LogP contribution in [0.1, 0.15) is 92.9 Å². The lowest BCUT2D eigenvalue weighted by Gasteiger charge is -2.62. The van der Waals surface area contributed by atoms with Gasteiger partial charge in [0.25, 0.3) is 0 Å². The molecule has 0 aromatic heterocycles. The first kappa shape index (κ1) is 41.0. The molecule has 8 rings (SSSR count). The molecule has 57 heavy (non-hydrogen) atoms. The molecule has 0 spiro atoms. The fourth-order valence-corrected chi connectivity index (χ4v) is 14.8. The summed E-state index contributed by atoms with van der Waals surface area (Å²) in [5, 5.41) is 47.8. The van der Waals surface area contributed by atoms with Crippen LogP contribution in [0.25, 0.3) is 0 Å². The van der Waals surface area contributed by atoms with E-state index >= 15 is 8.78 Å². The van der Waals surface area contributed by atoms with E-state index in [0.717, 1.165) is 0 Å². The number of carbonyl (C=O) groups excluding carboxylic acids is 4. The lowest BCUT2D eigenvalue weighted by atomic mass is 9.44. The Hall–Kier alpha value is -2.74. The molecule has 8 aliphatic rings. The van der Waals surface area contributed by atoms with E-state index < -0.39 is 123 Å². The van der Waals surface area contributed by atoms with Crippen molar-refractivity contribution >= 4 is 23.1 Å². The highest BCUT2D eigenvalue weighted by Gasteiger charge is 2.77. The normalized spacial score (nSPS) is 52.1. The molecule has 0 aromatic carbocycles. The average Bonchev–Trinajstić information content (AvgIpc) is 3.48. The van der Waals surface area contributed by atoms with Gasteiger partial charge in [-0.1, -0.05) is 51.0 Å². The third kappa shape index (κ3) is 4.88. The zero-order valence-corrected chi connectivity index (χ0v) is 33.9. The Morgan fingerprint density at radius 1 is 0.684 bits per heavy atom. The van der Waals surface area contributed by atoms with Crippen molar-refractivity contribution in [2.75, 3.05) is 20.0 Å². The van der Waals surface area contributed by atoms with Crippen LogP contribution in [0.2, 0.25) is 0 Å². The summed E-state index contributed by atoms with van der Waals surface area (Å²) < 4.78 is 46.2. The number of ketones is 4. The summed E-state index contributed by atoms with van der Waals surface area (Å²) in [6.07, 6.45) is 7.75. The van der Waals surface area contributed by atoms with Crippen molar-refractivity contribution in [3.63, 3.8) is 0 Å². The number of allylic oxidation sites excluding steroid dienone is 8. The molecule has 0 aliphatic heterocycles. The maximum atomic E-state index is 17.5. The van der Waals surface area contributed by atoms with E-state index in [2.05, 4.69) is 0 Å². The number of hydrogen-bond donors (Lipinski definition) is 4. The van der Waals surface area contributed by atoms with Gasteiger partial charge < -0.3 is 29.9 Å². The van der Waals surface area contributed by atoms with Crippen LogP contribution in [-0.4, -0.2) is 98.3 Å². The van der Waals surface area contributed by atoms with Gasteiger partial charge in [-0.05, 0) is 113 Å². The highest BCUT2D eigenvalue weighted by molar-refractivity contribution is 6.02. The quantitative estimate of drug-likeness (QED) is 0.198. The van der Waals surface area contributed by atoms with E-state index in [9.17, 15) is 39.6 Å². The molecule has 12 heteroatoms. The number of hydrogen-bond acceptors (Lipinski definition) is 10. The molecule has 0 saturated heterocycles. The van der Waals surface area contributed by atoms with Crippen molar-refractivity contribution in [2.24, 2.45) is 57.2 Å². The first-order valence-corrected chi connectivity index (χ1v) is 20.8. The van der Waals surface area contributed by atoms with E-state index in [1.165, 1.54) is 24.3 Å². The van der Waals surface area contributed by atoms with Crippen molar-refractivity contribution in [1.82, 2.24) is 0 Å². The van der Waals surface area contributed by atoms with Crippen molar-refractivity contribution < 1.29 is 57.9 Å². The summed E-state index contributed by atoms with van der Waals surface area (Å²) in [6.45, 7) is 8.76. The van der Waals surface area contributed by atoms with Crippen LogP contribution in [0.4, 0.5) is 8.78 Å². The summed E-state index contributed by atoms with van der Waals surface area (Å²) in [5.41, 5.74) is -11.6. The molecule has 16 atom stereocenters. The number of aliphatic hydroxyl groups is 4. The average molecular weight is 797 g/mol. The molecule has 0 amide bonds. The molecular weight excluding hydrogens is 738 g/mol. The lowest BCUT2D eigenvalue weighted by Crippen LogP contribution is -2.69. The third-order valence-corrected chi connectivity index (χ3v) is 17.9. The number of Topliss-reactive ketones (excluding diaryl/α,β-unsaturated/α-hetero) is 2. The predicted octanol–water partition coefficient (Wildman–Crippen LogP) is 4.81. The molecule has 0 aromatic rings. The third-order valence-electron chi connectivity index (χ3n) is 17.9. The molecule has 0 heterocycles. The minimum atomic E-state index is -2.10. The molecule has 4 N–H and O–H groups in total. The van der Waals surface area contributed by atoms with E-state index in [4.69, 9.17) is 9.47 Å². The van der Waals surface area contributed by atoms with Gasteiger partial charge in [0.05, 0.1) is 12.2 Å². The van der Waals surface area contributed by atoms with Gasteiger partial charge in [-0.15, -0.1) is 0 Å². The standard InChI is InChI=1S/C45H58F2O10/c1-24-15-32-30-9-7-26-17-28(48)11-13-38(26,3)42(30,46)34(50)19-40(32,5)44(24,54)36(52)21-56-23-57-22-37(53)45(55)25(2)16-33-31-10-8-27-18-29(49)12-14-39(27,4)43(31,47)35(51)20-41(33,45)6/h11-14,17-18,24-25,30-35,50-51,54-55H,7-10,15-16,19-23H2,1-6H3. The lowest BCUT2D eigenvalue weighted by molar-refractivity contribution is -0.222. The van der Waals surface area contributed by atoms with E-state index in [-0.39, 0.29) is 24.4 Å². The minimum Gasteiger partial charge on any atom is -0.390 e. The number of aliphatic hydroxyl groups excluding tert-OH is 2. The number of ether oxygens (including phenoxy) is 2. The van der Waals surface area contributed by atoms with Crippen molar-refractivity contribution in [3.05, 3.63) is 47.6 Å². The Labute approximate surface area is 332 Å². The number of rotatable bonds is 8. The SMILES string of the molecule is CC1CC2C3CCC4=CC(=O)C=CC4(C)C3(F)C(O)CC2(C)C1(O)C(=O)COCOCC(=O)C1(O)C(C)CC2C3CCC4=CC(=O)C=CC4(C)C3(F)C(O)CC21C. The summed E-state index contributed by atoms with van der Waals surface area (Å²) in [4.78, 5) is 52.3. The van der Waals surface area contributed by atoms with Crippen LogP contribution in [-0.2, 0) is 28.7 Å². The van der Waals surface area contributed by atoms with Crippen LogP contribution in [0, 0.1) is 57.2 Å². The minimum absolute atomic E-state index is 0.171. The predicted molar refractivity (Wildman–Crippen MR) is 202 cm³/mol. The molecule has 6 saturated carbocycles. The van der Waals surface area contributed by atoms with Gasteiger partial charge in [0.2, 0.25) is 0 Å². The maximum Gasteiger partial charge on any atom is 0.190 e. The number of carbonyl (C=O) groups is 4. The highest BCUT2D eigenvalue weighted by Crippen LogP contribution is 2.72. The summed E-state index contributed by atoms with van der Waals surface area (Å²) in [7, 11) is 0. The van der Waals surface area contributed by atoms with Gasteiger partial charge in [0.15, 0.2) is 34.5 Å². The Kier molecular flexibility index (Phi) is 9.27. The Morgan fingerprint density at radius 2 is 1.05 bits per heavy atom. The van der Waals surface area contributed by atoms with Gasteiger partial charge in [0.1, 0.15) is 31.2 Å². The van der Waals surface area contributed by atoms with E-state index in [0.29, 0.717) is 49.7 Å². The molecule has 0 bridgehead atoms. The Bertz CT molecular complexity index is 1790. The van der Waals surface area contributed by atoms with E-state index in [1.54, 1.807) is 53.7 Å². The summed E-state index contributed by atoms with van der Waals surface area (Å²) >= 11 is 0. The van der Waals surface area contributed by atoms with Crippen LogP contribution >= 0.6 is 0 Å². The highest BCUT2D eigenvalue weighted by atomic mass is 19.1. The van der Waals surface area contributed by atoms with Crippen molar-refractivity contribution in [1.29, 1.82) is 0 Å². The zero-order valence-electron chi connectivity index (χ0n) is 33.9. The van der Waals surface area contributed by atoms with Gasteiger partial charge in [-0.2, -0.15) is 0 Å². The molecule has 0 radical (unpaired) electrons. The Balaban J connectivity index is 0.921. The second-order valence-corrected chi connectivity index (χ2v) is 20.0. The van der Waals surface area contributed by atoms with Gasteiger partial charge in [-0.3, -0.25) is 19.2 Å². The Morgan fingerprint density at radius 3 is 1.42 bits per heavy atom. The second-order valence-electron chi connectivity index (χ2n) is 20.0. The fourth-order valence-electron chi connectivity index (χ4n) is 14.8. The first-order valence-electron chi connectivity index (χ1n) is 20.8. The molecule has 312 valence electrons. The topological polar surface area (TPSA) is 168 Å². The fraction of sp³-hybridized carbons (Fsp3) is 0.733. The van der Waals surface area contributed by atoms with Gasteiger partial charge in [-0.25, -0.2) is 8.78 Å². The summed E-state index contributed by atoms with van der Waals surface area (Å²) in [6, 6.07) is 0. The van der Waals surface area contributed by atoms with Crippen molar-refractivity contribution in [3.8, 4) is 0 Å². The summed E-state index contributed by atoms with van der Waals surface area (Å²) in [5.74, 6) is -5.09. The van der Waals surface area contributed by atoms with Crippen LogP contribution in [0.3, 0.4) is 0 Å². The zero-order chi connectivity index (χ0) is 41.5. The number of halogens is 2. The molecule has 8 aliphatic carbocycles. The van der Waals surface area contributed by atoms with Crippen LogP contribution in [0.5, 0.6) is 0 Å². The van der Waals surface area contributed by atoms with E-state index in [1.807, 2.05) is 0 Å². The number of fused-ring (bicyclic) bond motifs is 10. The van der Waals surface area contributed by atoms with Gasteiger partial charge in [0, 0.05) is 33.5 Å². The monoisotopic (exact) mass is 796 g/mol.